The zero-order valence-corrected chi connectivity index (χ0v) is 11.0. The van der Waals surface area contributed by atoms with Gasteiger partial charge in [0.05, 0.1) is 5.02 Å². The summed E-state index contributed by atoms with van der Waals surface area (Å²) in [6.07, 6.45) is 0. The summed E-state index contributed by atoms with van der Waals surface area (Å²) in [5.41, 5.74) is 0. The highest BCUT2D eigenvalue weighted by Crippen LogP contribution is 2.38. The quantitative estimate of drug-likeness (QED) is 0.817. The van der Waals surface area contributed by atoms with Crippen LogP contribution in [0.3, 0.4) is 0 Å². The Morgan fingerprint density at radius 3 is 2.50 bits per heavy atom. The fourth-order valence-electron chi connectivity index (χ4n) is 1.31. The monoisotopic (exact) mass is 306 g/mol. The van der Waals surface area contributed by atoms with Gasteiger partial charge >= 0.3 is 0 Å². The van der Waals surface area contributed by atoms with E-state index in [1.54, 1.807) is 12.1 Å². The molecule has 1 N–H and O–H groups in total. The van der Waals surface area contributed by atoms with Gasteiger partial charge in [0.15, 0.2) is 11.5 Å². The first kappa shape index (κ1) is 13.3. The molecule has 0 saturated carbocycles. The second-order valence-electron chi connectivity index (χ2n) is 3.39. The van der Waals surface area contributed by atoms with E-state index >= 15 is 0 Å². The van der Waals surface area contributed by atoms with Crippen LogP contribution >= 0.6 is 34.8 Å². The van der Waals surface area contributed by atoms with Crippen LogP contribution in [0, 0.1) is 5.82 Å². The van der Waals surface area contributed by atoms with E-state index in [1.165, 1.54) is 12.1 Å². The highest BCUT2D eigenvalue weighted by Gasteiger charge is 2.14. The SMILES string of the molecule is Oc1cc(Cl)cc(Oc2cccc(Cl)c2Cl)c1F. The van der Waals surface area contributed by atoms with E-state index in [1.807, 2.05) is 0 Å². The van der Waals surface area contributed by atoms with Crippen molar-refractivity contribution in [3.8, 4) is 17.2 Å². The van der Waals surface area contributed by atoms with Gasteiger partial charge in [0.1, 0.15) is 10.8 Å². The van der Waals surface area contributed by atoms with E-state index in [2.05, 4.69) is 0 Å². The van der Waals surface area contributed by atoms with Crippen molar-refractivity contribution in [3.63, 3.8) is 0 Å². The minimum atomic E-state index is -0.921. The lowest BCUT2D eigenvalue weighted by molar-refractivity contribution is 0.395. The van der Waals surface area contributed by atoms with Gasteiger partial charge in [-0.1, -0.05) is 40.9 Å². The Hall–Kier alpha value is -1.16. The van der Waals surface area contributed by atoms with Crippen LogP contribution in [0.5, 0.6) is 17.2 Å². The molecule has 0 aliphatic heterocycles. The molecule has 0 saturated heterocycles. The number of aromatic hydroxyl groups is 1. The maximum absolute atomic E-state index is 13.6. The second kappa shape index (κ2) is 5.22. The molecule has 18 heavy (non-hydrogen) atoms. The first-order valence-corrected chi connectivity index (χ1v) is 5.92. The average molecular weight is 308 g/mol. The highest BCUT2D eigenvalue weighted by atomic mass is 35.5. The van der Waals surface area contributed by atoms with E-state index < -0.39 is 11.6 Å². The number of hydrogen-bond donors (Lipinski definition) is 1. The summed E-state index contributed by atoms with van der Waals surface area (Å²) < 4.78 is 18.8. The number of rotatable bonds is 2. The lowest BCUT2D eigenvalue weighted by Crippen LogP contribution is -1.90. The largest absolute Gasteiger partial charge is 0.505 e. The van der Waals surface area contributed by atoms with Crippen LogP contribution < -0.4 is 4.74 Å². The summed E-state index contributed by atoms with van der Waals surface area (Å²) in [6.45, 7) is 0. The molecule has 0 aliphatic carbocycles. The molecule has 0 fully saturated rings. The van der Waals surface area contributed by atoms with Crippen molar-refractivity contribution in [3.05, 3.63) is 51.2 Å². The van der Waals surface area contributed by atoms with Gasteiger partial charge in [-0.15, -0.1) is 0 Å². The lowest BCUT2D eigenvalue weighted by Gasteiger charge is -2.10. The molecule has 0 heterocycles. The fraction of sp³-hybridized carbons (Fsp3) is 0. The van der Waals surface area contributed by atoms with Crippen LogP contribution in [0.4, 0.5) is 4.39 Å². The van der Waals surface area contributed by atoms with E-state index in [0.717, 1.165) is 6.07 Å². The molecule has 0 unspecified atom stereocenters. The smallest absolute Gasteiger partial charge is 0.207 e. The zero-order valence-electron chi connectivity index (χ0n) is 8.75. The van der Waals surface area contributed by atoms with E-state index in [9.17, 15) is 9.50 Å². The number of phenolic OH excluding ortho intramolecular Hbond substituents is 1. The summed E-state index contributed by atoms with van der Waals surface area (Å²) in [5, 5.41) is 9.85. The zero-order chi connectivity index (χ0) is 13.3. The maximum atomic E-state index is 13.6. The minimum Gasteiger partial charge on any atom is -0.505 e. The molecule has 94 valence electrons. The number of phenols is 1. The summed E-state index contributed by atoms with van der Waals surface area (Å²) in [6, 6.07) is 7.00. The molecule has 0 aromatic heterocycles. The molecule has 2 rings (SSSR count). The molecule has 0 amide bonds. The van der Waals surface area contributed by atoms with Crippen molar-refractivity contribution in [2.45, 2.75) is 0 Å². The maximum Gasteiger partial charge on any atom is 0.207 e. The predicted molar refractivity (Wildman–Crippen MR) is 69.6 cm³/mol. The third-order valence-electron chi connectivity index (χ3n) is 2.12. The topological polar surface area (TPSA) is 29.5 Å². The molecule has 2 aromatic carbocycles. The molecular weight excluding hydrogens is 301 g/mol. The Bertz CT molecular complexity index is 602. The molecule has 0 radical (unpaired) electrons. The molecule has 6 heteroatoms. The standard InChI is InChI=1S/C12H6Cl3FO2/c13-6-4-8(17)12(16)10(5-6)18-9-3-1-2-7(14)11(9)15/h1-5,17H. The highest BCUT2D eigenvalue weighted by molar-refractivity contribution is 6.42. The molecule has 0 bridgehead atoms. The summed E-state index contributed by atoms with van der Waals surface area (Å²) in [7, 11) is 0. The normalized spacial score (nSPS) is 10.4. The Morgan fingerprint density at radius 2 is 1.78 bits per heavy atom. The first-order valence-electron chi connectivity index (χ1n) is 4.79. The van der Waals surface area contributed by atoms with Gasteiger partial charge in [0, 0.05) is 17.2 Å². The minimum absolute atomic E-state index is 0.141. The number of ether oxygens (including phenoxy) is 1. The van der Waals surface area contributed by atoms with Crippen LogP contribution in [0.2, 0.25) is 15.1 Å². The summed E-state index contributed by atoms with van der Waals surface area (Å²) in [4.78, 5) is 0. The van der Waals surface area contributed by atoms with Gasteiger partial charge in [0.2, 0.25) is 5.82 Å². The average Bonchev–Trinajstić information content (AvgIpc) is 2.31. The fourth-order valence-corrected chi connectivity index (χ4v) is 1.84. The number of hydrogen-bond acceptors (Lipinski definition) is 2. The summed E-state index contributed by atoms with van der Waals surface area (Å²) in [5.74, 6) is -1.58. The Labute approximate surface area is 117 Å². The molecule has 0 spiro atoms. The second-order valence-corrected chi connectivity index (χ2v) is 4.61. The predicted octanol–water partition coefficient (Wildman–Crippen LogP) is 5.28. The van der Waals surface area contributed by atoms with Gasteiger partial charge in [0.25, 0.3) is 0 Å². The van der Waals surface area contributed by atoms with Crippen LogP contribution in [-0.4, -0.2) is 5.11 Å². The van der Waals surface area contributed by atoms with Crippen molar-refractivity contribution in [2.24, 2.45) is 0 Å². The van der Waals surface area contributed by atoms with Gasteiger partial charge in [-0.05, 0) is 12.1 Å². The number of halogens is 4. The molecule has 2 nitrogen and oxygen atoms in total. The van der Waals surface area contributed by atoms with E-state index in [-0.39, 0.29) is 26.6 Å². The molecular formula is C12H6Cl3FO2. The van der Waals surface area contributed by atoms with Crippen LogP contribution in [0.1, 0.15) is 0 Å². The van der Waals surface area contributed by atoms with Gasteiger partial charge in [-0.2, -0.15) is 4.39 Å². The molecule has 0 atom stereocenters. The Kier molecular flexibility index (Phi) is 3.85. The van der Waals surface area contributed by atoms with Gasteiger partial charge < -0.3 is 9.84 Å². The van der Waals surface area contributed by atoms with Crippen molar-refractivity contribution in [1.82, 2.24) is 0 Å². The van der Waals surface area contributed by atoms with Crippen LogP contribution in [0.25, 0.3) is 0 Å². The first-order chi connectivity index (χ1) is 8.49. The molecule has 2 aromatic rings. The van der Waals surface area contributed by atoms with Crippen molar-refractivity contribution >= 4 is 34.8 Å². The van der Waals surface area contributed by atoms with Crippen LogP contribution in [-0.2, 0) is 0 Å². The Morgan fingerprint density at radius 1 is 1.06 bits per heavy atom. The van der Waals surface area contributed by atoms with E-state index in [4.69, 9.17) is 39.5 Å². The van der Waals surface area contributed by atoms with Gasteiger partial charge in [-0.3, -0.25) is 0 Å². The van der Waals surface area contributed by atoms with Crippen molar-refractivity contribution in [2.75, 3.05) is 0 Å². The van der Waals surface area contributed by atoms with Crippen molar-refractivity contribution in [1.29, 1.82) is 0 Å². The number of benzene rings is 2. The molecule has 0 aliphatic rings. The van der Waals surface area contributed by atoms with E-state index in [0.29, 0.717) is 0 Å². The lowest BCUT2D eigenvalue weighted by atomic mass is 10.3. The van der Waals surface area contributed by atoms with Crippen LogP contribution in [0.15, 0.2) is 30.3 Å². The third kappa shape index (κ3) is 2.64. The third-order valence-corrected chi connectivity index (χ3v) is 3.14. The summed E-state index contributed by atoms with van der Waals surface area (Å²) >= 11 is 17.4. The van der Waals surface area contributed by atoms with Crippen molar-refractivity contribution < 1.29 is 14.2 Å². The van der Waals surface area contributed by atoms with Gasteiger partial charge in [-0.25, -0.2) is 0 Å². The Balaban J connectivity index is 2.43.